The van der Waals surface area contributed by atoms with Crippen LogP contribution in [0.1, 0.15) is 68.7 Å². The highest BCUT2D eigenvalue weighted by atomic mass is 16.3. The maximum atomic E-state index is 12.5. The van der Waals surface area contributed by atoms with E-state index >= 15 is 0 Å². The van der Waals surface area contributed by atoms with Gasteiger partial charge in [-0.15, -0.1) is 0 Å². The van der Waals surface area contributed by atoms with Crippen LogP contribution in [0.25, 0.3) is 0 Å². The fourth-order valence-corrected chi connectivity index (χ4v) is 3.63. The van der Waals surface area contributed by atoms with E-state index in [0.29, 0.717) is 12.3 Å². The standard InChI is InChI=1S/C19H29NO2.C2H6/c1-13-5-7-19(12-21,8-6-13)20-18(22)11-17-15(3)9-14(2)10-16(17)4;1-2/h9-10,13,21H,5-8,11-12H2,1-4H3,(H,20,22);1-2H3. The van der Waals surface area contributed by atoms with Gasteiger partial charge >= 0.3 is 0 Å². The molecular weight excluding hydrogens is 298 g/mol. The van der Waals surface area contributed by atoms with Gasteiger partial charge in [-0.3, -0.25) is 4.79 Å². The summed E-state index contributed by atoms with van der Waals surface area (Å²) in [7, 11) is 0. The number of aliphatic hydroxyl groups excluding tert-OH is 1. The smallest absolute Gasteiger partial charge is 0.224 e. The molecule has 1 aromatic rings. The summed E-state index contributed by atoms with van der Waals surface area (Å²) in [4.78, 5) is 12.5. The van der Waals surface area contributed by atoms with Gasteiger partial charge < -0.3 is 10.4 Å². The molecule has 24 heavy (non-hydrogen) atoms. The second kappa shape index (κ2) is 9.22. The third-order valence-corrected chi connectivity index (χ3v) is 5.12. The Morgan fingerprint density at radius 3 is 2.12 bits per heavy atom. The SMILES string of the molecule is CC.Cc1cc(C)c(CC(=O)NC2(CO)CCC(C)CC2)c(C)c1. The Morgan fingerprint density at radius 2 is 1.67 bits per heavy atom. The Kier molecular flexibility index (Phi) is 7.95. The van der Waals surface area contributed by atoms with Crippen LogP contribution in [0.15, 0.2) is 12.1 Å². The fraction of sp³-hybridized carbons (Fsp3) is 0.667. The van der Waals surface area contributed by atoms with Crippen LogP contribution in [0.3, 0.4) is 0 Å². The molecule has 1 aliphatic rings. The van der Waals surface area contributed by atoms with Crippen molar-refractivity contribution < 1.29 is 9.90 Å². The van der Waals surface area contributed by atoms with Crippen molar-refractivity contribution >= 4 is 5.91 Å². The summed E-state index contributed by atoms with van der Waals surface area (Å²) < 4.78 is 0. The van der Waals surface area contributed by atoms with E-state index in [2.05, 4.69) is 45.1 Å². The van der Waals surface area contributed by atoms with E-state index in [4.69, 9.17) is 0 Å². The third-order valence-electron chi connectivity index (χ3n) is 5.12. The molecule has 0 spiro atoms. The zero-order valence-corrected chi connectivity index (χ0v) is 16.3. The first-order valence-electron chi connectivity index (χ1n) is 9.34. The molecule has 0 radical (unpaired) electrons. The van der Waals surface area contributed by atoms with Crippen molar-refractivity contribution in [2.24, 2.45) is 5.92 Å². The van der Waals surface area contributed by atoms with Crippen molar-refractivity contribution in [2.45, 2.75) is 79.2 Å². The van der Waals surface area contributed by atoms with Crippen molar-refractivity contribution in [1.82, 2.24) is 5.32 Å². The first-order valence-corrected chi connectivity index (χ1v) is 9.34. The Bertz CT molecular complexity index is 520. The summed E-state index contributed by atoms with van der Waals surface area (Å²) in [6.45, 7) is 12.5. The summed E-state index contributed by atoms with van der Waals surface area (Å²) >= 11 is 0. The molecule has 0 unspecified atom stereocenters. The van der Waals surface area contributed by atoms with E-state index in [1.807, 2.05) is 13.8 Å². The van der Waals surface area contributed by atoms with Crippen LogP contribution >= 0.6 is 0 Å². The number of carbonyl (C=O) groups is 1. The van der Waals surface area contributed by atoms with Crippen molar-refractivity contribution in [3.63, 3.8) is 0 Å². The Hall–Kier alpha value is -1.35. The maximum absolute atomic E-state index is 12.5. The van der Waals surface area contributed by atoms with Crippen molar-refractivity contribution in [2.75, 3.05) is 6.61 Å². The van der Waals surface area contributed by atoms with Gasteiger partial charge in [-0.1, -0.05) is 38.5 Å². The first kappa shape index (κ1) is 20.7. The molecular formula is C21H35NO2. The van der Waals surface area contributed by atoms with Gasteiger partial charge in [0.05, 0.1) is 18.6 Å². The minimum atomic E-state index is -0.407. The number of benzene rings is 1. The predicted octanol–water partition coefficient (Wildman–Crippen LogP) is 4.24. The monoisotopic (exact) mass is 333 g/mol. The van der Waals surface area contributed by atoms with E-state index in [0.717, 1.165) is 31.2 Å². The van der Waals surface area contributed by atoms with E-state index in [1.165, 1.54) is 16.7 Å². The average Bonchev–Trinajstić information content (AvgIpc) is 2.55. The molecule has 1 aromatic carbocycles. The number of amides is 1. The minimum absolute atomic E-state index is 0.0265. The van der Waals surface area contributed by atoms with Crippen LogP contribution in [0.4, 0.5) is 0 Å². The average molecular weight is 334 g/mol. The number of aliphatic hydroxyl groups is 1. The largest absolute Gasteiger partial charge is 0.394 e. The van der Waals surface area contributed by atoms with Gasteiger partial charge in [-0.2, -0.15) is 0 Å². The first-order chi connectivity index (χ1) is 11.3. The van der Waals surface area contributed by atoms with Gasteiger partial charge in [0.2, 0.25) is 5.91 Å². The summed E-state index contributed by atoms with van der Waals surface area (Å²) in [6, 6.07) is 4.25. The van der Waals surface area contributed by atoms with Crippen LogP contribution in [0, 0.1) is 26.7 Å². The number of aryl methyl sites for hydroxylation is 3. The molecule has 0 bridgehead atoms. The Balaban J connectivity index is 0.00000139. The number of nitrogens with one attached hydrogen (secondary N) is 1. The third kappa shape index (κ3) is 5.34. The van der Waals surface area contributed by atoms with E-state index in [-0.39, 0.29) is 12.5 Å². The predicted molar refractivity (Wildman–Crippen MR) is 101 cm³/mol. The van der Waals surface area contributed by atoms with Crippen LogP contribution in [-0.4, -0.2) is 23.2 Å². The minimum Gasteiger partial charge on any atom is -0.394 e. The normalized spacial score (nSPS) is 23.2. The number of hydrogen-bond donors (Lipinski definition) is 2. The lowest BCUT2D eigenvalue weighted by Crippen LogP contribution is -2.53. The number of carbonyl (C=O) groups excluding carboxylic acids is 1. The Labute approximate surface area is 147 Å². The molecule has 1 fully saturated rings. The summed E-state index contributed by atoms with van der Waals surface area (Å²) in [5.74, 6) is 0.719. The molecule has 0 heterocycles. The van der Waals surface area contributed by atoms with Crippen LogP contribution in [0.2, 0.25) is 0 Å². The maximum Gasteiger partial charge on any atom is 0.224 e. The molecule has 0 aliphatic heterocycles. The van der Waals surface area contributed by atoms with Gasteiger partial charge in [-0.25, -0.2) is 0 Å². The summed E-state index contributed by atoms with van der Waals surface area (Å²) in [5, 5.41) is 12.9. The molecule has 1 aliphatic carbocycles. The topological polar surface area (TPSA) is 49.3 Å². The fourth-order valence-electron chi connectivity index (χ4n) is 3.63. The second-order valence-corrected chi connectivity index (χ2v) is 7.22. The van der Waals surface area contributed by atoms with Crippen LogP contribution in [0.5, 0.6) is 0 Å². The lowest BCUT2D eigenvalue weighted by molar-refractivity contribution is -0.123. The zero-order chi connectivity index (χ0) is 18.3. The molecule has 2 N–H and O–H groups in total. The highest BCUT2D eigenvalue weighted by Gasteiger charge is 2.35. The second-order valence-electron chi connectivity index (χ2n) is 7.22. The lowest BCUT2D eigenvalue weighted by atomic mass is 9.77. The van der Waals surface area contributed by atoms with Gasteiger partial charge in [0.25, 0.3) is 0 Å². The van der Waals surface area contributed by atoms with Crippen LogP contribution in [-0.2, 0) is 11.2 Å². The van der Waals surface area contributed by atoms with E-state index in [1.54, 1.807) is 0 Å². The highest BCUT2D eigenvalue weighted by Crippen LogP contribution is 2.31. The summed E-state index contributed by atoms with van der Waals surface area (Å²) in [5.41, 5.74) is 4.27. The molecule has 136 valence electrons. The van der Waals surface area contributed by atoms with Gasteiger partial charge in [0, 0.05) is 0 Å². The molecule has 0 atom stereocenters. The molecule has 3 nitrogen and oxygen atoms in total. The van der Waals surface area contributed by atoms with E-state index in [9.17, 15) is 9.90 Å². The molecule has 2 rings (SSSR count). The number of rotatable bonds is 4. The van der Waals surface area contributed by atoms with Crippen molar-refractivity contribution in [3.8, 4) is 0 Å². The van der Waals surface area contributed by atoms with Gasteiger partial charge in [0.1, 0.15) is 0 Å². The quantitative estimate of drug-likeness (QED) is 0.866. The van der Waals surface area contributed by atoms with E-state index < -0.39 is 5.54 Å². The van der Waals surface area contributed by atoms with Crippen LogP contribution < -0.4 is 5.32 Å². The molecule has 0 aromatic heterocycles. The van der Waals surface area contributed by atoms with Gasteiger partial charge in [-0.05, 0) is 69.1 Å². The molecule has 3 heteroatoms. The molecule has 1 saturated carbocycles. The highest BCUT2D eigenvalue weighted by molar-refractivity contribution is 5.80. The van der Waals surface area contributed by atoms with Gasteiger partial charge in [0.15, 0.2) is 0 Å². The summed E-state index contributed by atoms with van der Waals surface area (Å²) in [6.07, 6.45) is 4.30. The lowest BCUT2D eigenvalue weighted by Gasteiger charge is -2.38. The molecule has 1 amide bonds. The Morgan fingerprint density at radius 1 is 1.17 bits per heavy atom. The van der Waals surface area contributed by atoms with Crippen molar-refractivity contribution in [3.05, 3.63) is 34.4 Å². The number of hydrogen-bond acceptors (Lipinski definition) is 2. The zero-order valence-electron chi connectivity index (χ0n) is 16.3. The van der Waals surface area contributed by atoms with Crippen molar-refractivity contribution in [1.29, 1.82) is 0 Å². The molecule has 0 saturated heterocycles.